The van der Waals surface area contributed by atoms with Gasteiger partial charge in [0.1, 0.15) is 0 Å². The smallest absolute Gasteiger partial charge is 0.318 e. The van der Waals surface area contributed by atoms with E-state index < -0.39 is 0 Å². The molecule has 1 N–H and O–H groups in total. The van der Waals surface area contributed by atoms with E-state index in [1.807, 2.05) is 30.5 Å². The van der Waals surface area contributed by atoms with Gasteiger partial charge >= 0.3 is 12.0 Å². The Labute approximate surface area is 181 Å². The van der Waals surface area contributed by atoms with Crippen molar-refractivity contribution in [3.05, 3.63) is 41.7 Å². The van der Waals surface area contributed by atoms with E-state index >= 15 is 0 Å². The minimum Gasteiger partial charge on any atom is -0.493 e. The molecule has 2 amide bonds. The lowest BCUT2D eigenvalue weighted by Crippen LogP contribution is -2.47. The van der Waals surface area contributed by atoms with Gasteiger partial charge in [-0.15, -0.1) is 0 Å². The maximum atomic E-state index is 13.1. The number of fused-ring (bicyclic) bond motifs is 1. The van der Waals surface area contributed by atoms with Gasteiger partial charge in [-0.1, -0.05) is 0 Å². The van der Waals surface area contributed by atoms with Gasteiger partial charge in [0.25, 0.3) is 0 Å². The highest BCUT2D eigenvalue weighted by molar-refractivity contribution is 5.77. The van der Waals surface area contributed by atoms with Crippen molar-refractivity contribution in [1.29, 1.82) is 0 Å². The fraction of sp³-hybridized carbons (Fsp3) is 0.455. The van der Waals surface area contributed by atoms with Gasteiger partial charge < -0.3 is 33.7 Å². The number of amides is 2. The van der Waals surface area contributed by atoms with Gasteiger partial charge in [-0.05, 0) is 36.8 Å². The van der Waals surface area contributed by atoms with Crippen LogP contribution in [0.2, 0.25) is 0 Å². The molecule has 0 aliphatic carbocycles. The number of aromatic nitrogens is 1. The summed E-state index contributed by atoms with van der Waals surface area (Å²) in [6.45, 7) is 3.46. The van der Waals surface area contributed by atoms with Crippen molar-refractivity contribution in [1.82, 2.24) is 14.8 Å². The third-order valence-electron chi connectivity index (χ3n) is 5.21. The molecule has 0 radical (unpaired) electrons. The van der Waals surface area contributed by atoms with Gasteiger partial charge in [0.15, 0.2) is 11.5 Å². The molecule has 0 bridgehead atoms. The van der Waals surface area contributed by atoms with E-state index in [-0.39, 0.29) is 31.0 Å². The van der Waals surface area contributed by atoms with Gasteiger partial charge in [-0.3, -0.25) is 4.79 Å². The maximum absolute atomic E-state index is 13.1. The third-order valence-corrected chi connectivity index (χ3v) is 5.21. The molecule has 0 fully saturated rings. The van der Waals surface area contributed by atoms with Crippen molar-refractivity contribution in [2.75, 3.05) is 41.0 Å². The lowest BCUT2D eigenvalue weighted by atomic mass is 9.99. The highest BCUT2D eigenvalue weighted by atomic mass is 16.5. The number of urea groups is 1. The number of ether oxygens (including phenoxy) is 4. The zero-order valence-electron chi connectivity index (χ0n) is 18.3. The first-order chi connectivity index (χ1) is 15.0. The zero-order valence-corrected chi connectivity index (χ0v) is 18.3. The molecule has 9 heteroatoms. The van der Waals surface area contributed by atoms with E-state index in [2.05, 4.69) is 9.88 Å². The van der Waals surface area contributed by atoms with Crippen LogP contribution in [0.15, 0.2) is 30.5 Å². The average molecular weight is 431 g/mol. The summed E-state index contributed by atoms with van der Waals surface area (Å²) in [5.74, 6) is 1.19. The molecule has 1 aliphatic rings. The number of hydrogen-bond acceptors (Lipinski definition) is 6. The molecule has 9 nitrogen and oxygen atoms in total. The minimum absolute atomic E-state index is 0.124. The van der Waals surface area contributed by atoms with Crippen LogP contribution in [-0.4, -0.2) is 62.5 Å². The van der Waals surface area contributed by atoms with Crippen LogP contribution in [-0.2, 0) is 16.1 Å². The Morgan fingerprint density at radius 3 is 2.42 bits per heavy atom. The number of esters is 1. The van der Waals surface area contributed by atoms with Crippen molar-refractivity contribution < 1.29 is 28.5 Å². The second kappa shape index (κ2) is 10.1. The molecule has 0 spiro atoms. The number of nitrogens with zero attached hydrogens (tertiary/aromatic N) is 2. The number of nitrogens with one attached hydrogen (secondary N) is 1. The summed E-state index contributed by atoms with van der Waals surface area (Å²) in [6.07, 6.45) is 2.12. The molecule has 1 unspecified atom stereocenters. The van der Waals surface area contributed by atoms with Crippen LogP contribution >= 0.6 is 0 Å². The fourth-order valence-corrected chi connectivity index (χ4v) is 3.82. The molecule has 3 rings (SSSR count). The number of benzene rings is 1. The minimum atomic E-state index is -0.361. The highest BCUT2D eigenvalue weighted by Gasteiger charge is 2.33. The summed E-state index contributed by atoms with van der Waals surface area (Å²) in [6, 6.07) is 7.05. The summed E-state index contributed by atoms with van der Waals surface area (Å²) in [5.41, 5.74) is 1.80. The lowest BCUT2D eigenvalue weighted by molar-refractivity contribution is -0.142. The van der Waals surface area contributed by atoms with Gasteiger partial charge in [0.05, 0.1) is 40.4 Å². The van der Waals surface area contributed by atoms with Crippen molar-refractivity contribution >= 4 is 12.0 Å². The van der Waals surface area contributed by atoms with Crippen molar-refractivity contribution in [2.24, 2.45) is 0 Å². The topological polar surface area (TPSA) is 91.3 Å². The summed E-state index contributed by atoms with van der Waals surface area (Å²) < 4.78 is 23.5. The Morgan fingerprint density at radius 1 is 1.10 bits per heavy atom. The summed E-state index contributed by atoms with van der Waals surface area (Å²) in [7, 11) is 4.67. The number of carbonyl (C=O) groups excluding carboxylic acids is 2. The number of methoxy groups -OCH3 is 3. The first-order valence-corrected chi connectivity index (χ1v) is 10.2. The highest BCUT2D eigenvalue weighted by Crippen LogP contribution is 2.43. The number of hydrogen-bond donors (Lipinski definition) is 1. The molecule has 1 aromatic heterocycles. The summed E-state index contributed by atoms with van der Waals surface area (Å²) in [5, 5.41) is 2.83. The van der Waals surface area contributed by atoms with E-state index in [1.165, 1.54) is 0 Å². The molecular formula is C22H29N3O6. The van der Waals surface area contributed by atoms with Gasteiger partial charge in [0.2, 0.25) is 5.75 Å². The Balaban J connectivity index is 1.91. The zero-order chi connectivity index (χ0) is 22.4. The first kappa shape index (κ1) is 22.3. The SMILES string of the molecule is CCOC(=O)CCNC(=O)N1CCn2cccc2C1c1cc(OC)c(OC)c(OC)c1. The predicted octanol–water partition coefficient (Wildman–Crippen LogP) is 2.58. The quantitative estimate of drug-likeness (QED) is 0.646. The van der Waals surface area contributed by atoms with Gasteiger partial charge in [-0.25, -0.2) is 4.79 Å². The van der Waals surface area contributed by atoms with Crippen LogP contribution < -0.4 is 19.5 Å². The molecule has 168 valence electrons. The summed E-state index contributed by atoms with van der Waals surface area (Å²) in [4.78, 5) is 26.4. The van der Waals surface area contributed by atoms with Crippen LogP contribution in [0.25, 0.3) is 0 Å². The molecule has 0 saturated heterocycles. The van der Waals surface area contributed by atoms with Crippen LogP contribution in [0.4, 0.5) is 4.79 Å². The molecule has 1 aromatic carbocycles. The second-order valence-corrected chi connectivity index (χ2v) is 6.97. The predicted molar refractivity (Wildman–Crippen MR) is 114 cm³/mol. The van der Waals surface area contributed by atoms with Gasteiger partial charge in [0, 0.05) is 31.5 Å². The Kier molecular flexibility index (Phi) is 7.28. The van der Waals surface area contributed by atoms with E-state index in [0.29, 0.717) is 36.9 Å². The molecule has 2 aromatic rings. The van der Waals surface area contributed by atoms with E-state index in [9.17, 15) is 9.59 Å². The van der Waals surface area contributed by atoms with Crippen molar-refractivity contribution in [3.8, 4) is 17.2 Å². The molecular weight excluding hydrogens is 402 g/mol. The van der Waals surface area contributed by atoms with E-state index in [0.717, 1.165) is 11.3 Å². The second-order valence-electron chi connectivity index (χ2n) is 6.97. The molecule has 1 atom stereocenters. The number of carbonyl (C=O) groups is 2. The molecule has 31 heavy (non-hydrogen) atoms. The Bertz CT molecular complexity index is 901. The summed E-state index contributed by atoms with van der Waals surface area (Å²) >= 11 is 0. The van der Waals surface area contributed by atoms with E-state index in [4.69, 9.17) is 18.9 Å². The standard InChI is InChI=1S/C22H29N3O6/c1-5-31-19(26)8-9-23-22(27)25-12-11-24-10-6-7-16(24)20(25)15-13-17(28-2)21(30-4)18(14-15)29-3/h6-7,10,13-14,20H,5,8-9,11-12H2,1-4H3,(H,23,27). The van der Waals surface area contributed by atoms with Crippen LogP contribution in [0.5, 0.6) is 17.2 Å². The largest absolute Gasteiger partial charge is 0.493 e. The molecule has 2 heterocycles. The average Bonchev–Trinajstić information content (AvgIpc) is 3.26. The Hall–Kier alpha value is -3.36. The van der Waals surface area contributed by atoms with Crippen molar-refractivity contribution in [2.45, 2.75) is 25.9 Å². The molecule has 1 aliphatic heterocycles. The molecule has 0 saturated carbocycles. The fourth-order valence-electron chi connectivity index (χ4n) is 3.82. The first-order valence-electron chi connectivity index (χ1n) is 10.2. The van der Waals surface area contributed by atoms with Crippen molar-refractivity contribution in [3.63, 3.8) is 0 Å². The Morgan fingerprint density at radius 2 is 1.81 bits per heavy atom. The monoisotopic (exact) mass is 431 g/mol. The third kappa shape index (κ3) is 4.70. The maximum Gasteiger partial charge on any atom is 0.318 e. The normalized spacial score (nSPS) is 15.1. The van der Waals surface area contributed by atoms with Crippen LogP contribution in [0.1, 0.15) is 30.6 Å². The lowest BCUT2D eigenvalue weighted by Gasteiger charge is -2.37. The number of rotatable bonds is 8. The van der Waals surface area contributed by atoms with Crippen LogP contribution in [0, 0.1) is 0 Å². The van der Waals surface area contributed by atoms with Crippen LogP contribution in [0.3, 0.4) is 0 Å². The van der Waals surface area contributed by atoms with E-state index in [1.54, 1.807) is 33.2 Å². The van der Waals surface area contributed by atoms with Gasteiger partial charge in [-0.2, -0.15) is 0 Å².